The van der Waals surface area contributed by atoms with Crippen molar-refractivity contribution in [3.8, 4) is 5.75 Å². The van der Waals surface area contributed by atoms with Crippen molar-refractivity contribution < 1.29 is 18.3 Å². The fourth-order valence-electron chi connectivity index (χ4n) is 1.68. The summed E-state index contributed by atoms with van der Waals surface area (Å²) in [4.78, 5) is 11.7. The van der Waals surface area contributed by atoms with Crippen LogP contribution in [-0.4, -0.2) is 12.5 Å². The van der Waals surface area contributed by atoms with Crippen LogP contribution in [0.3, 0.4) is 0 Å². The normalized spacial score (nSPS) is 10.2. The summed E-state index contributed by atoms with van der Waals surface area (Å²) in [6.45, 7) is 0.0936. The molecule has 0 saturated heterocycles. The zero-order valence-electron chi connectivity index (χ0n) is 11.1. The molecule has 2 rings (SSSR count). The third-order valence-corrected chi connectivity index (χ3v) is 2.68. The molecule has 0 heterocycles. The van der Waals surface area contributed by atoms with Crippen molar-refractivity contribution in [1.29, 1.82) is 0 Å². The molecule has 2 aromatic rings. The molecule has 3 N–H and O–H groups in total. The number of ether oxygens (including phenoxy) is 1. The first-order valence-corrected chi connectivity index (χ1v) is 6.28. The quantitative estimate of drug-likeness (QED) is 0.833. The molecule has 21 heavy (non-hydrogen) atoms. The van der Waals surface area contributed by atoms with Gasteiger partial charge in [0.25, 0.3) is 0 Å². The Kier molecular flexibility index (Phi) is 4.71. The molecule has 0 aliphatic heterocycles. The molecule has 0 radical (unpaired) electrons. The number of anilines is 2. The fourth-order valence-corrected chi connectivity index (χ4v) is 1.68. The topological polar surface area (TPSA) is 64.3 Å². The maximum atomic E-state index is 12.9. The van der Waals surface area contributed by atoms with E-state index >= 15 is 0 Å². The maximum Gasteiger partial charge on any atom is 0.227 e. The highest BCUT2D eigenvalue weighted by molar-refractivity contribution is 5.93. The number of hydrogen-bond acceptors (Lipinski definition) is 3. The number of nitrogens with two attached hydrogens (primary N) is 1. The number of nitrogens with one attached hydrogen (secondary N) is 1. The van der Waals surface area contributed by atoms with Crippen molar-refractivity contribution in [1.82, 2.24) is 0 Å². The van der Waals surface area contributed by atoms with Crippen LogP contribution in [0, 0.1) is 11.6 Å². The summed E-state index contributed by atoms with van der Waals surface area (Å²) in [7, 11) is 0. The van der Waals surface area contributed by atoms with Crippen molar-refractivity contribution >= 4 is 17.3 Å². The highest BCUT2D eigenvalue weighted by Crippen LogP contribution is 2.19. The van der Waals surface area contributed by atoms with Gasteiger partial charge in [-0.05, 0) is 30.3 Å². The van der Waals surface area contributed by atoms with Crippen LogP contribution in [0.2, 0.25) is 0 Å². The van der Waals surface area contributed by atoms with E-state index in [9.17, 15) is 13.6 Å². The molecule has 0 bridgehead atoms. The van der Waals surface area contributed by atoms with Crippen LogP contribution < -0.4 is 15.8 Å². The second-order valence-electron chi connectivity index (χ2n) is 4.34. The molecule has 0 fully saturated rings. The van der Waals surface area contributed by atoms with Gasteiger partial charge >= 0.3 is 0 Å². The minimum absolute atomic E-state index is 0.0628. The molecule has 6 heteroatoms. The Balaban J connectivity index is 1.82. The number of carbonyl (C=O) groups is 1. The number of nitrogen functional groups attached to an aromatic ring is 1. The molecule has 0 spiro atoms. The Hall–Kier alpha value is -2.63. The number of benzene rings is 2. The van der Waals surface area contributed by atoms with Crippen LogP contribution in [0.15, 0.2) is 42.5 Å². The largest absolute Gasteiger partial charge is 0.493 e. The van der Waals surface area contributed by atoms with Crippen LogP contribution in [0.25, 0.3) is 0 Å². The van der Waals surface area contributed by atoms with E-state index in [0.29, 0.717) is 11.4 Å². The third-order valence-electron chi connectivity index (χ3n) is 2.68. The van der Waals surface area contributed by atoms with Gasteiger partial charge in [0.2, 0.25) is 5.91 Å². The van der Waals surface area contributed by atoms with E-state index < -0.39 is 11.6 Å². The molecular formula is C15H14F2N2O2. The van der Waals surface area contributed by atoms with E-state index in [4.69, 9.17) is 10.5 Å². The second-order valence-corrected chi connectivity index (χ2v) is 4.34. The predicted octanol–water partition coefficient (Wildman–Crippen LogP) is 2.95. The summed E-state index contributed by atoms with van der Waals surface area (Å²) < 4.78 is 31.0. The Morgan fingerprint density at radius 1 is 1.14 bits per heavy atom. The minimum atomic E-state index is -0.472. The average Bonchev–Trinajstić information content (AvgIpc) is 2.42. The van der Waals surface area contributed by atoms with Gasteiger partial charge in [-0.1, -0.05) is 6.07 Å². The number of carbonyl (C=O) groups excluding carboxylic acids is 1. The summed E-state index contributed by atoms with van der Waals surface area (Å²) in [5.41, 5.74) is 6.07. The first-order chi connectivity index (χ1) is 10.0. The van der Waals surface area contributed by atoms with Crippen LogP contribution in [-0.2, 0) is 4.79 Å². The zero-order chi connectivity index (χ0) is 15.2. The standard InChI is InChI=1S/C15H14F2N2O2/c16-10-2-1-3-12(8-10)21-7-6-15(20)19-14-5-4-11(17)9-13(14)18/h1-5,8-9H,6-7,18H2,(H,19,20). The van der Waals surface area contributed by atoms with Crippen molar-refractivity contribution in [2.45, 2.75) is 6.42 Å². The Morgan fingerprint density at radius 2 is 1.90 bits per heavy atom. The Morgan fingerprint density at radius 3 is 2.62 bits per heavy atom. The zero-order valence-corrected chi connectivity index (χ0v) is 11.1. The summed E-state index contributed by atoms with van der Waals surface area (Å²) in [5, 5.41) is 2.55. The molecule has 1 amide bonds. The number of hydrogen-bond donors (Lipinski definition) is 2. The molecule has 4 nitrogen and oxygen atoms in total. The molecule has 0 unspecified atom stereocenters. The molecule has 0 atom stereocenters. The SMILES string of the molecule is Nc1cc(F)ccc1NC(=O)CCOc1cccc(F)c1. The van der Waals surface area contributed by atoms with Gasteiger partial charge < -0.3 is 15.8 Å². The number of halogens is 2. The lowest BCUT2D eigenvalue weighted by molar-refractivity contribution is -0.116. The Bertz CT molecular complexity index is 647. The van der Waals surface area contributed by atoms with Crippen LogP contribution in [0.4, 0.5) is 20.2 Å². The van der Waals surface area contributed by atoms with Crippen LogP contribution >= 0.6 is 0 Å². The lowest BCUT2D eigenvalue weighted by Gasteiger charge is -2.09. The van der Waals surface area contributed by atoms with E-state index in [1.54, 1.807) is 6.07 Å². The molecule has 110 valence electrons. The number of rotatable bonds is 5. The van der Waals surface area contributed by atoms with Gasteiger partial charge in [0, 0.05) is 6.07 Å². The molecule has 0 aliphatic carbocycles. The van der Waals surface area contributed by atoms with Crippen molar-refractivity contribution in [2.24, 2.45) is 0 Å². The van der Waals surface area contributed by atoms with Gasteiger partial charge in [0.15, 0.2) is 0 Å². The van der Waals surface area contributed by atoms with E-state index in [1.165, 1.54) is 30.3 Å². The van der Waals surface area contributed by atoms with Crippen LogP contribution in [0.1, 0.15) is 6.42 Å². The third kappa shape index (κ3) is 4.45. The average molecular weight is 292 g/mol. The summed E-state index contributed by atoms with van der Waals surface area (Å²) in [6.07, 6.45) is 0.0628. The molecule has 0 aliphatic rings. The Labute approximate surface area is 120 Å². The molecule has 2 aromatic carbocycles. The maximum absolute atomic E-state index is 12.9. The minimum Gasteiger partial charge on any atom is -0.493 e. The highest BCUT2D eigenvalue weighted by Gasteiger charge is 2.06. The predicted molar refractivity (Wildman–Crippen MR) is 76.0 cm³/mol. The van der Waals surface area contributed by atoms with Crippen molar-refractivity contribution in [2.75, 3.05) is 17.7 Å². The highest BCUT2D eigenvalue weighted by atomic mass is 19.1. The lowest BCUT2D eigenvalue weighted by Crippen LogP contribution is -2.16. The van der Waals surface area contributed by atoms with E-state index in [1.807, 2.05) is 0 Å². The van der Waals surface area contributed by atoms with E-state index in [0.717, 1.165) is 6.07 Å². The molecule has 0 saturated carbocycles. The number of amides is 1. The second kappa shape index (κ2) is 6.69. The van der Waals surface area contributed by atoms with Crippen molar-refractivity contribution in [3.05, 3.63) is 54.1 Å². The monoisotopic (exact) mass is 292 g/mol. The first-order valence-electron chi connectivity index (χ1n) is 6.28. The lowest BCUT2D eigenvalue weighted by atomic mass is 10.2. The van der Waals surface area contributed by atoms with Gasteiger partial charge in [-0.3, -0.25) is 4.79 Å². The summed E-state index contributed by atoms with van der Waals surface area (Å²) in [6, 6.07) is 9.36. The molecular weight excluding hydrogens is 278 g/mol. The molecule has 0 aromatic heterocycles. The summed E-state index contributed by atoms with van der Waals surface area (Å²) >= 11 is 0. The van der Waals surface area contributed by atoms with Crippen molar-refractivity contribution in [3.63, 3.8) is 0 Å². The van der Waals surface area contributed by atoms with Gasteiger partial charge in [-0.15, -0.1) is 0 Å². The van der Waals surface area contributed by atoms with Gasteiger partial charge in [-0.2, -0.15) is 0 Å². The smallest absolute Gasteiger partial charge is 0.227 e. The van der Waals surface area contributed by atoms with E-state index in [2.05, 4.69) is 5.32 Å². The van der Waals surface area contributed by atoms with E-state index in [-0.39, 0.29) is 24.6 Å². The first kappa shape index (κ1) is 14.8. The summed E-state index contributed by atoms with van der Waals surface area (Å²) in [5.74, 6) is -0.857. The van der Waals surface area contributed by atoms with Gasteiger partial charge in [0.1, 0.15) is 17.4 Å². The van der Waals surface area contributed by atoms with Gasteiger partial charge in [0.05, 0.1) is 24.4 Å². The van der Waals surface area contributed by atoms with Gasteiger partial charge in [-0.25, -0.2) is 8.78 Å². The fraction of sp³-hybridized carbons (Fsp3) is 0.133. The van der Waals surface area contributed by atoms with Crippen LogP contribution in [0.5, 0.6) is 5.75 Å².